The molecule has 0 bridgehead atoms. The first-order chi connectivity index (χ1) is 14.9. The average molecular weight is 454 g/mol. The standard InChI is InChI=1S/C21H13ClFN5O2S/c22-20-8-9-21(26-25-20)27-12-14(11-24-27)18-13-28(19-10-15(23)6-7-17(18)19)31(29,30)16-4-2-1-3-5-16/h1-13H. The summed E-state index contributed by atoms with van der Waals surface area (Å²) in [7, 11) is -3.93. The Kier molecular flexibility index (Phi) is 4.57. The van der Waals surface area contributed by atoms with Gasteiger partial charge in [0.2, 0.25) is 0 Å². The van der Waals surface area contributed by atoms with E-state index in [0.29, 0.717) is 22.3 Å². The quantitative estimate of drug-likeness (QED) is 0.405. The fourth-order valence-electron chi connectivity index (χ4n) is 3.32. The highest BCUT2D eigenvalue weighted by atomic mass is 35.5. The number of benzene rings is 2. The molecule has 0 spiro atoms. The lowest BCUT2D eigenvalue weighted by Gasteiger charge is -2.07. The summed E-state index contributed by atoms with van der Waals surface area (Å²) < 4.78 is 43.1. The lowest BCUT2D eigenvalue weighted by Crippen LogP contribution is -2.11. The Hall–Kier alpha value is -3.56. The molecule has 0 aliphatic carbocycles. The van der Waals surface area contributed by atoms with Crippen LogP contribution in [0.4, 0.5) is 4.39 Å². The van der Waals surface area contributed by atoms with Crippen molar-refractivity contribution >= 4 is 32.5 Å². The summed E-state index contributed by atoms with van der Waals surface area (Å²) in [5.74, 6) is -0.0869. The lowest BCUT2D eigenvalue weighted by molar-refractivity contribution is 0.589. The Labute approximate surface area is 181 Å². The summed E-state index contributed by atoms with van der Waals surface area (Å²) in [6.45, 7) is 0. The highest BCUT2D eigenvalue weighted by Gasteiger charge is 2.22. The highest BCUT2D eigenvalue weighted by Crippen LogP contribution is 2.33. The maximum Gasteiger partial charge on any atom is 0.268 e. The third-order valence-electron chi connectivity index (χ3n) is 4.78. The fourth-order valence-corrected chi connectivity index (χ4v) is 4.81. The fraction of sp³-hybridized carbons (Fsp3) is 0. The van der Waals surface area contributed by atoms with Gasteiger partial charge in [-0.05, 0) is 42.5 Å². The minimum Gasteiger partial charge on any atom is -0.240 e. The van der Waals surface area contributed by atoms with Crippen LogP contribution in [0.3, 0.4) is 0 Å². The van der Waals surface area contributed by atoms with Crippen LogP contribution >= 0.6 is 11.6 Å². The number of hydrogen-bond donors (Lipinski definition) is 0. The van der Waals surface area contributed by atoms with Gasteiger partial charge >= 0.3 is 0 Å². The van der Waals surface area contributed by atoms with Crippen molar-refractivity contribution in [3.8, 4) is 16.9 Å². The van der Waals surface area contributed by atoms with E-state index in [-0.39, 0.29) is 15.6 Å². The van der Waals surface area contributed by atoms with E-state index in [1.165, 1.54) is 35.1 Å². The Morgan fingerprint density at radius 3 is 2.48 bits per heavy atom. The molecule has 10 heteroatoms. The van der Waals surface area contributed by atoms with Crippen LogP contribution in [0.15, 0.2) is 84.1 Å². The molecule has 5 rings (SSSR count). The molecule has 0 N–H and O–H groups in total. The molecule has 31 heavy (non-hydrogen) atoms. The van der Waals surface area contributed by atoms with Crippen molar-refractivity contribution < 1.29 is 12.8 Å². The van der Waals surface area contributed by atoms with Crippen LogP contribution in [0.25, 0.3) is 27.8 Å². The van der Waals surface area contributed by atoms with Crippen molar-refractivity contribution in [2.45, 2.75) is 4.90 Å². The molecule has 7 nitrogen and oxygen atoms in total. The van der Waals surface area contributed by atoms with Crippen LogP contribution in [-0.2, 0) is 10.0 Å². The zero-order valence-corrected chi connectivity index (χ0v) is 17.3. The summed E-state index contributed by atoms with van der Waals surface area (Å²) in [5.41, 5.74) is 1.45. The van der Waals surface area contributed by atoms with Crippen molar-refractivity contribution in [3.05, 3.63) is 90.2 Å². The Bertz CT molecular complexity index is 1510. The van der Waals surface area contributed by atoms with E-state index in [9.17, 15) is 12.8 Å². The van der Waals surface area contributed by atoms with Gasteiger partial charge in [0, 0.05) is 28.9 Å². The molecular weight excluding hydrogens is 441 g/mol. The number of fused-ring (bicyclic) bond motifs is 1. The van der Waals surface area contributed by atoms with Crippen LogP contribution in [0.1, 0.15) is 0 Å². The monoisotopic (exact) mass is 453 g/mol. The minimum atomic E-state index is -3.93. The van der Waals surface area contributed by atoms with E-state index in [0.717, 1.165) is 3.97 Å². The van der Waals surface area contributed by atoms with E-state index in [1.54, 1.807) is 48.8 Å². The molecular formula is C21H13ClFN5O2S. The van der Waals surface area contributed by atoms with Crippen LogP contribution in [-0.4, -0.2) is 32.4 Å². The molecule has 154 valence electrons. The normalized spacial score (nSPS) is 11.8. The third-order valence-corrected chi connectivity index (χ3v) is 6.67. The molecule has 0 saturated carbocycles. The first-order valence-electron chi connectivity index (χ1n) is 9.09. The summed E-state index contributed by atoms with van der Waals surface area (Å²) in [6.07, 6.45) is 4.74. The summed E-state index contributed by atoms with van der Waals surface area (Å²) >= 11 is 5.78. The first-order valence-corrected chi connectivity index (χ1v) is 10.9. The van der Waals surface area contributed by atoms with E-state index >= 15 is 0 Å². The molecule has 3 heterocycles. The first kappa shape index (κ1) is 19.4. The second-order valence-electron chi connectivity index (χ2n) is 6.71. The second-order valence-corrected chi connectivity index (χ2v) is 8.91. The van der Waals surface area contributed by atoms with E-state index in [2.05, 4.69) is 15.3 Å². The van der Waals surface area contributed by atoms with E-state index in [1.807, 2.05) is 0 Å². The van der Waals surface area contributed by atoms with Crippen molar-refractivity contribution in [2.75, 3.05) is 0 Å². The smallest absolute Gasteiger partial charge is 0.240 e. The minimum absolute atomic E-state index is 0.106. The Morgan fingerprint density at radius 1 is 0.935 bits per heavy atom. The van der Waals surface area contributed by atoms with Gasteiger partial charge in [-0.3, -0.25) is 0 Å². The third kappa shape index (κ3) is 3.37. The summed E-state index contributed by atoms with van der Waals surface area (Å²) in [6, 6.07) is 15.3. The molecule has 0 unspecified atom stereocenters. The molecule has 5 aromatic rings. The molecule has 0 atom stereocenters. The maximum absolute atomic E-state index is 14.0. The SMILES string of the molecule is O=S(=O)(c1ccccc1)n1cc(-c2cnn(-c3ccc(Cl)nn3)c2)c2ccc(F)cc21. The summed E-state index contributed by atoms with van der Waals surface area (Å²) in [5, 5.41) is 12.9. The van der Waals surface area contributed by atoms with Gasteiger partial charge in [0.1, 0.15) is 5.82 Å². The predicted octanol–water partition coefficient (Wildman–Crippen LogP) is 4.31. The Morgan fingerprint density at radius 2 is 1.74 bits per heavy atom. The molecule has 0 fully saturated rings. The van der Waals surface area contributed by atoms with Gasteiger partial charge in [0.25, 0.3) is 10.0 Å². The molecule has 2 aromatic carbocycles. The molecule has 0 radical (unpaired) electrons. The van der Waals surface area contributed by atoms with E-state index < -0.39 is 15.8 Å². The van der Waals surface area contributed by atoms with Crippen LogP contribution in [0.5, 0.6) is 0 Å². The van der Waals surface area contributed by atoms with E-state index in [4.69, 9.17) is 11.6 Å². The van der Waals surface area contributed by atoms with Crippen LogP contribution in [0.2, 0.25) is 5.15 Å². The number of aromatic nitrogens is 5. The van der Waals surface area contributed by atoms with Crippen molar-refractivity contribution in [3.63, 3.8) is 0 Å². The van der Waals surface area contributed by atoms with Crippen LogP contribution < -0.4 is 0 Å². The molecule has 0 aliphatic rings. The van der Waals surface area contributed by atoms with Gasteiger partial charge in [-0.15, -0.1) is 10.2 Å². The molecule has 0 aliphatic heterocycles. The van der Waals surface area contributed by atoms with Crippen molar-refractivity contribution in [2.24, 2.45) is 0 Å². The van der Waals surface area contributed by atoms with Gasteiger partial charge < -0.3 is 0 Å². The second kappa shape index (κ2) is 7.29. The van der Waals surface area contributed by atoms with Gasteiger partial charge in [-0.25, -0.2) is 21.5 Å². The zero-order chi connectivity index (χ0) is 21.6. The van der Waals surface area contributed by atoms with Crippen molar-refractivity contribution in [1.82, 2.24) is 24.0 Å². The number of halogens is 2. The largest absolute Gasteiger partial charge is 0.268 e. The molecule has 0 amide bonds. The van der Waals surface area contributed by atoms with Gasteiger partial charge in [0.15, 0.2) is 11.0 Å². The van der Waals surface area contributed by atoms with Gasteiger partial charge in [0.05, 0.1) is 16.6 Å². The number of rotatable bonds is 4. The summed E-state index contributed by atoms with van der Waals surface area (Å²) in [4.78, 5) is 0.106. The van der Waals surface area contributed by atoms with Crippen molar-refractivity contribution in [1.29, 1.82) is 0 Å². The van der Waals surface area contributed by atoms with Crippen LogP contribution in [0, 0.1) is 5.82 Å². The van der Waals surface area contributed by atoms with Gasteiger partial charge in [-0.1, -0.05) is 29.8 Å². The predicted molar refractivity (Wildman–Crippen MR) is 114 cm³/mol. The van der Waals surface area contributed by atoms with Gasteiger partial charge in [-0.2, -0.15) is 5.10 Å². The number of hydrogen-bond acceptors (Lipinski definition) is 5. The Balaban J connectivity index is 1.69. The molecule has 3 aromatic heterocycles. The molecule has 0 saturated heterocycles. The zero-order valence-electron chi connectivity index (χ0n) is 15.7. The topological polar surface area (TPSA) is 82.7 Å². The average Bonchev–Trinajstić information content (AvgIpc) is 3.40. The highest BCUT2D eigenvalue weighted by molar-refractivity contribution is 7.90. The lowest BCUT2D eigenvalue weighted by atomic mass is 10.1. The number of nitrogens with zero attached hydrogens (tertiary/aromatic N) is 5. The maximum atomic E-state index is 14.0.